The Morgan fingerprint density at radius 1 is 1.38 bits per heavy atom. The van der Waals surface area contributed by atoms with E-state index in [4.69, 9.17) is 5.21 Å². The van der Waals surface area contributed by atoms with Crippen molar-refractivity contribution in [3.63, 3.8) is 0 Å². The molecular weight excluding hydrogens is 166 g/mol. The summed E-state index contributed by atoms with van der Waals surface area (Å²) in [7, 11) is 0. The summed E-state index contributed by atoms with van der Waals surface area (Å²) in [5.41, 5.74) is 3.33. The SMILES string of the molecule is C/C(=C\C(=O)NO)c1ccccc1. The van der Waals surface area contributed by atoms with E-state index in [1.165, 1.54) is 6.08 Å². The van der Waals surface area contributed by atoms with E-state index < -0.39 is 5.91 Å². The number of rotatable bonds is 2. The molecule has 2 N–H and O–H groups in total. The highest BCUT2D eigenvalue weighted by molar-refractivity contribution is 5.94. The van der Waals surface area contributed by atoms with Crippen molar-refractivity contribution in [3.05, 3.63) is 42.0 Å². The van der Waals surface area contributed by atoms with Gasteiger partial charge in [-0.1, -0.05) is 30.3 Å². The van der Waals surface area contributed by atoms with Crippen molar-refractivity contribution in [2.45, 2.75) is 6.92 Å². The van der Waals surface area contributed by atoms with Gasteiger partial charge in [0, 0.05) is 6.08 Å². The van der Waals surface area contributed by atoms with Crippen molar-refractivity contribution in [3.8, 4) is 0 Å². The van der Waals surface area contributed by atoms with E-state index in [-0.39, 0.29) is 0 Å². The summed E-state index contributed by atoms with van der Waals surface area (Å²) in [6, 6.07) is 9.49. The number of carbonyl (C=O) groups excluding carboxylic acids is 1. The van der Waals surface area contributed by atoms with Crippen LogP contribution in [0.4, 0.5) is 0 Å². The minimum atomic E-state index is -0.513. The number of allylic oxidation sites excluding steroid dienone is 1. The Morgan fingerprint density at radius 2 is 2.00 bits per heavy atom. The monoisotopic (exact) mass is 177 g/mol. The van der Waals surface area contributed by atoms with Crippen LogP contribution < -0.4 is 5.48 Å². The first kappa shape index (κ1) is 9.48. The normalized spacial score (nSPS) is 11.1. The Hall–Kier alpha value is -1.61. The minimum absolute atomic E-state index is 0.513. The topological polar surface area (TPSA) is 49.3 Å². The first-order valence-electron chi connectivity index (χ1n) is 3.92. The lowest BCUT2D eigenvalue weighted by atomic mass is 10.1. The lowest BCUT2D eigenvalue weighted by Crippen LogP contribution is -2.15. The second kappa shape index (κ2) is 4.42. The zero-order valence-electron chi connectivity index (χ0n) is 7.32. The molecule has 1 rings (SSSR count). The molecule has 0 heterocycles. The third-order valence-electron chi connectivity index (χ3n) is 1.69. The molecule has 0 aliphatic carbocycles. The van der Waals surface area contributed by atoms with Crippen LogP contribution in [0, 0.1) is 0 Å². The van der Waals surface area contributed by atoms with Crippen molar-refractivity contribution >= 4 is 11.5 Å². The second-order valence-corrected chi connectivity index (χ2v) is 2.67. The van der Waals surface area contributed by atoms with E-state index in [9.17, 15) is 4.79 Å². The maximum Gasteiger partial charge on any atom is 0.267 e. The van der Waals surface area contributed by atoms with Gasteiger partial charge in [0.2, 0.25) is 0 Å². The molecule has 1 aromatic rings. The molecule has 0 radical (unpaired) electrons. The number of hydrogen-bond acceptors (Lipinski definition) is 2. The highest BCUT2D eigenvalue weighted by atomic mass is 16.5. The third-order valence-corrected chi connectivity index (χ3v) is 1.69. The van der Waals surface area contributed by atoms with Crippen LogP contribution in [-0.4, -0.2) is 11.1 Å². The first-order chi connectivity index (χ1) is 6.24. The maximum atomic E-state index is 10.8. The summed E-state index contributed by atoms with van der Waals surface area (Å²) in [6.45, 7) is 1.81. The van der Waals surface area contributed by atoms with Gasteiger partial charge in [-0.15, -0.1) is 0 Å². The van der Waals surface area contributed by atoms with Crippen LogP contribution in [0.5, 0.6) is 0 Å². The van der Waals surface area contributed by atoms with Crippen molar-refractivity contribution in [2.75, 3.05) is 0 Å². The molecule has 0 bridgehead atoms. The van der Waals surface area contributed by atoms with E-state index in [1.54, 1.807) is 5.48 Å². The van der Waals surface area contributed by atoms with Crippen LogP contribution in [0.2, 0.25) is 0 Å². The Morgan fingerprint density at radius 3 is 2.54 bits per heavy atom. The van der Waals surface area contributed by atoms with Crippen molar-refractivity contribution in [1.82, 2.24) is 5.48 Å². The van der Waals surface area contributed by atoms with E-state index >= 15 is 0 Å². The predicted molar refractivity (Wildman–Crippen MR) is 50.0 cm³/mol. The molecule has 0 aromatic heterocycles. The van der Waals surface area contributed by atoms with Gasteiger partial charge in [0.15, 0.2) is 0 Å². The molecule has 1 amide bonds. The van der Waals surface area contributed by atoms with Gasteiger partial charge in [-0.3, -0.25) is 10.0 Å². The van der Waals surface area contributed by atoms with Crippen molar-refractivity contribution < 1.29 is 10.0 Å². The zero-order chi connectivity index (χ0) is 9.68. The quantitative estimate of drug-likeness (QED) is 0.409. The average molecular weight is 177 g/mol. The number of carbonyl (C=O) groups is 1. The summed E-state index contributed by atoms with van der Waals surface area (Å²) in [6.07, 6.45) is 1.34. The molecule has 1 aromatic carbocycles. The molecule has 0 spiro atoms. The summed E-state index contributed by atoms with van der Waals surface area (Å²) in [4.78, 5) is 10.8. The molecule has 0 atom stereocenters. The van der Waals surface area contributed by atoms with Crippen LogP contribution in [0.25, 0.3) is 5.57 Å². The molecule has 13 heavy (non-hydrogen) atoms. The van der Waals surface area contributed by atoms with Crippen LogP contribution >= 0.6 is 0 Å². The molecule has 0 saturated carbocycles. The molecule has 3 heteroatoms. The van der Waals surface area contributed by atoms with Crippen LogP contribution in [0.1, 0.15) is 12.5 Å². The standard InChI is InChI=1S/C10H11NO2/c1-8(7-10(12)11-13)9-5-3-2-4-6-9/h2-7,13H,1H3,(H,11,12)/b8-7+. The average Bonchev–Trinajstić information content (AvgIpc) is 2.19. The molecule has 0 saturated heterocycles. The van der Waals surface area contributed by atoms with Crippen LogP contribution in [-0.2, 0) is 4.79 Å². The fourth-order valence-electron chi connectivity index (χ4n) is 1.01. The summed E-state index contributed by atoms with van der Waals surface area (Å²) in [5.74, 6) is -0.513. The Bertz CT molecular complexity index is 317. The lowest BCUT2D eigenvalue weighted by molar-refractivity contribution is -0.124. The Kier molecular flexibility index (Phi) is 3.23. The summed E-state index contributed by atoms with van der Waals surface area (Å²) < 4.78 is 0. The number of benzene rings is 1. The largest absolute Gasteiger partial charge is 0.288 e. The van der Waals surface area contributed by atoms with Crippen LogP contribution in [0.15, 0.2) is 36.4 Å². The first-order valence-corrected chi connectivity index (χ1v) is 3.92. The number of hydrogen-bond donors (Lipinski definition) is 2. The molecular formula is C10H11NO2. The molecule has 3 nitrogen and oxygen atoms in total. The smallest absolute Gasteiger partial charge is 0.267 e. The maximum absolute atomic E-state index is 10.8. The van der Waals surface area contributed by atoms with Gasteiger partial charge >= 0.3 is 0 Å². The minimum Gasteiger partial charge on any atom is -0.288 e. The van der Waals surface area contributed by atoms with E-state index in [0.717, 1.165) is 11.1 Å². The predicted octanol–water partition coefficient (Wildman–Crippen LogP) is 1.60. The zero-order valence-corrected chi connectivity index (χ0v) is 7.32. The molecule has 0 unspecified atom stereocenters. The van der Waals surface area contributed by atoms with Crippen molar-refractivity contribution in [1.29, 1.82) is 0 Å². The van der Waals surface area contributed by atoms with Crippen LogP contribution in [0.3, 0.4) is 0 Å². The third kappa shape index (κ3) is 2.72. The van der Waals surface area contributed by atoms with Crippen molar-refractivity contribution in [2.24, 2.45) is 0 Å². The summed E-state index contributed by atoms with van der Waals surface area (Å²) in [5, 5.41) is 8.29. The molecule has 0 aliphatic rings. The van der Waals surface area contributed by atoms with Gasteiger partial charge in [-0.05, 0) is 18.1 Å². The van der Waals surface area contributed by atoms with E-state index in [2.05, 4.69) is 0 Å². The highest BCUT2D eigenvalue weighted by Crippen LogP contribution is 2.11. The van der Waals surface area contributed by atoms with Gasteiger partial charge in [0.05, 0.1) is 0 Å². The van der Waals surface area contributed by atoms with Gasteiger partial charge in [-0.25, -0.2) is 5.48 Å². The highest BCUT2D eigenvalue weighted by Gasteiger charge is 1.97. The summed E-state index contributed by atoms with van der Waals surface area (Å²) >= 11 is 0. The fraction of sp³-hybridized carbons (Fsp3) is 0.100. The Labute approximate surface area is 76.7 Å². The van der Waals surface area contributed by atoms with Gasteiger partial charge in [0.25, 0.3) is 5.91 Å². The number of nitrogens with one attached hydrogen (secondary N) is 1. The number of amides is 1. The Balaban J connectivity index is 2.85. The lowest BCUT2D eigenvalue weighted by Gasteiger charge is -1.99. The molecule has 0 aliphatic heterocycles. The fourth-order valence-corrected chi connectivity index (χ4v) is 1.01. The van der Waals surface area contributed by atoms with Gasteiger partial charge < -0.3 is 0 Å². The van der Waals surface area contributed by atoms with Gasteiger partial charge in [0.1, 0.15) is 0 Å². The van der Waals surface area contributed by atoms with Gasteiger partial charge in [-0.2, -0.15) is 0 Å². The van der Waals surface area contributed by atoms with E-state index in [1.807, 2.05) is 37.3 Å². The molecule has 68 valence electrons. The van der Waals surface area contributed by atoms with E-state index in [0.29, 0.717) is 0 Å². The number of hydroxylamine groups is 1. The second-order valence-electron chi connectivity index (χ2n) is 2.67. The molecule has 0 fully saturated rings.